The second-order valence-electron chi connectivity index (χ2n) is 8.44. The van der Waals surface area contributed by atoms with E-state index in [9.17, 15) is 18.3 Å². The van der Waals surface area contributed by atoms with E-state index in [0.29, 0.717) is 28.1 Å². The Hall–Kier alpha value is -2.65. The van der Waals surface area contributed by atoms with Crippen molar-refractivity contribution < 1.29 is 22.9 Å². The summed E-state index contributed by atoms with van der Waals surface area (Å²) in [5.74, 6) is 0.552. The molecular formula is C22H23F3N4O2. The third kappa shape index (κ3) is 3.87. The van der Waals surface area contributed by atoms with Gasteiger partial charge in [0.1, 0.15) is 5.52 Å². The van der Waals surface area contributed by atoms with Crippen LogP contribution in [0.2, 0.25) is 0 Å². The van der Waals surface area contributed by atoms with Crippen LogP contribution in [0.25, 0.3) is 22.2 Å². The summed E-state index contributed by atoms with van der Waals surface area (Å²) < 4.78 is 44.6. The molecule has 2 fully saturated rings. The van der Waals surface area contributed by atoms with Crippen molar-refractivity contribution in [1.82, 2.24) is 15.2 Å². The van der Waals surface area contributed by atoms with Gasteiger partial charge in [-0.25, -0.2) is 4.63 Å². The van der Waals surface area contributed by atoms with Crippen LogP contribution < -0.4 is 4.90 Å². The van der Waals surface area contributed by atoms with Gasteiger partial charge in [0.05, 0.1) is 5.69 Å². The highest BCUT2D eigenvalue weighted by atomic mass is 19.4. The number of halogens is 3. The van der Waals surface area contributed by atoms with Crippen LogP contribution in [0.5, 0.6) is 0 Å². The molecule has 0 amide bonds. The Labute approximate surface area is 177 Å². The van der Waals surface area contributed by atoms with E-state index in [1.54, 1.807) is 18.2 Å². The molecule has 164 valence electrons. The number of alkyl halides is 3. The zero-order valence-corrected chi connectivity index (χ0v) is 16.8. The van der Waals surface area contributed by atoms with Gasteiger partial charge in [0.2, 0.25) is 0 Å². The van der Waals surface area contributed by atoms with Crippen molar-refractivity contribution in [1.29, 1.82) is 0 Å². The molecule has 0 aliphatic carbocycles. The number of anilines is 1. The molecule has 5 rings (SSSR count). The predicted octanol–water partition coefficient (Wildman–Crippen LogP) is 4.02. The number of rotatable bonds is 5. The fourth-order valence-corrected chi connectivity index (χ4v) is 4.66. The first-order valence-corrected chi connectivity index (χ1v) is 10.5. The van der Waals surface area contributed by atoms with Gasteiger partial charge in [-0.3, -0.25) is 0 Å². The summed E-state index contributed by atoms with van der Waals surface area (Å²) in [6.45, 7) is 5.09. The maximum atomic E-state index is 13.2. The van der Waals surface area contributed by atoms with Crippen LogP contribution in [0.4, 0.5) is 18.9 Å². The first-order valence-electron chi connectivity index (χ1n) is 10.5. The molecule has 31 heavy (non-hydrogen) atoms. The molecule has 0 bridgehead atoms. The molecule has 2 saturated heterocycles. The number of nitrogens with zero attached hydrogens (tertiary/aromatic N) is 4. The summed E-state index contributed by atoms with van der Waals surface area (Å²) >= 11 is 0. The minimum absolute atomic E-state index is 0.188. The minimum atomic E-state index is -4.75. The second kappa shape index (κ2) is 7.80. The van der Waals surface area contributed by atoms with Crippen molar-refractivity contribution in [3.63, 3.8) is 0 Å². The summed E-state index contributed by atoms with van der Waals surface area (Å²) in [5.41, 5.74) is 2.53. The predicted molar refractivity (Wildman–Crippen MR) is 110 cm³/mol. The smallest absolute Gasteiger partial charge is 0.379 e. The van der Waals surface area contributed by atoms with E-state index in [2.05, 4.69) is 20.1 Å². The van der Waals surface area contributed by atoms with Crippen LogP contribution in [0.3, 0.4) is 0 Å². The largest absolute Gasteiger partial charge is 0.418 e. The molecule has 2 aliphatic rings. The Balaban J connectivity index is 1.46. The molecule has 6 nitrogen and oxygen atoms in total. The van der Waals surface area contributed by atoms with Crippen molar-refractivity contribution in [3.05, 3.63) is 42.0 Å². The number of hydrogen-bond donors (Lipinski definition) is 1. The van der Waals surface area contributed by atoms with Gasteiger partial charge in [-0.1, -0.05) is 24.3 Å². The average Bonchev–Trinajstić information content (AvgIpc) is 3.40. The fourth-order valence-electron chi connectivity index (χ4n) is 4.66. The van der Waals surface area contributed by atoms with E-state index in [1.165, 1.54) is 25.0 Å². The van der Waals surface area contributed by atoms with Crippen molar-refractivity contribution in [3.8, 4) is 11.1 Å². The van der Waals surface area contributed by atoms with Gasteiger partial charge in [0.15, 0.2) is 11.6 Å². The number of likely N-dealkylation sites (tertiary alicyclic amines) is 1. The van der Waals surface area contributed by atoms with Gasteiger partial charge in [-0.05, 0) is 65.1 Å². The molecule has 3 aromatic rings. The van der Waals surface area contributed by atoms with Gasteiger partial charge >= 0.3 is 6.18 Å². The third-order valence-corrected chi connectivity index (χ3v) is 6.23. The number of aliphatic hydroxyl groups excluding tert-OH is 1. The molecule has 9 heteroatoms. The van der Waals surface area contributed by atoms with E-state index in [0.717, 1.165) is 38.4 Å². The number of hydrogen-bond acceptors (Lipinski definition) is 6. The first-order chi connectivity index (χ1) is 14.9. The Bertz CT molecular complexity index is 1070. The lowest BCUT2D eigenvalue weighted by Gasteiger charge is -2.42. The summed E-state index contributed by atoms with van der Waals surface area (Å²) in [7, 11) is 0. The lowest BCUT2D eigenvalue weighted by molar-refractivity contribution is -0.206. The van der Waals surface area contributed by atoms with E-state index < -0.39 is 12.3 Å². The quantitative estimate of drug-likeness (QED) is 0.657. The molecule has 1 aromatic heterocycles. The topological polar surface area (TPSA) is 65.6 Å². The summed E-state index contributed by atoms with van der Waals surface area (Å²) in [4.78, 5) is 4.65. The van der Waals surface area contributed by atoms with Crippen molar-refractivity contribution in [2.45, 2.75) is 25.1 Å². The molecular weight excluding hydrogens is 409 g/mol. The Kier molecular flexibility index (Phi) is 5.10. The van der Waals surface area contributed by atoms with Crippen LogP contribution in [0, 0.1) is 5.92 Å². The molecule has 1 atom stereocenters. The lowest BCUT2D eigenvalue weighted by Crippen LogP contribution is -2.51. The number of aromatic nitrogens is 2. The number of aliphatic hydroxyl groups is 1. The highest BCUT2D eigenvalue weighted by Crippen LogP contribution is 2.40. The van der Waals surface area contributed by atoms with Gasteiger partial charge < -0.3 is 14.9 Å². The maximum absolute atomic E-state index is 13.2. The standard InChI is InChI=1S/C22H23F3N4O2/c23-22(24,25)21(30)17-6-2-1-5-16(17)15-9-18-20(27-31-26-18)19(10-15)29-12-14(13-29)11-28-7-3-4-8-28/h1-2,5-6,9-10,14,21,30H,3-4,7-8,11-13H2. The molecule has 2 aromatic carbocycles. The lowest BCUT2D eigenvalue weighted by atomic mass is 9.93. The van der Waals surface area contributed by atoms with Gasteiger partial charge in [-0.15, -0.1) is 0 Å². The van der Waals surface area contributed by atoms with Crippen LogP contribution in [-0.4, -0.2) is 59.2 Å². The van der Waals surface area contributed by atoms with Crippen molar-refractivity contribution in [2.24, 2.45) is 5.92 Å². The van der Waals surface area contributed by atoms with E-state index in [-0.39, 0.29) is 5.56 Å². The molecule has 2 aliphatic heterocycles. The molecule has 3 heterocycles. The summed E-state index contributed by atoms with van der Waals surface area (Å²) in [6.07, 6.45) is -4.80. The zero-order valence-electron chi connectivity index (χ0n) is 16.8. The number of fused-ring (bicyclic) bond motifs is 1. The maximum Gasteiger partial charge on any atom is 0.418 e. The first kappa shape index (κ1) is 20.3. The highest BCUT2D eigenvalue weighted by molar-refractivity contribution is 5.93. The monoisotopic (exact) mass is 432 g/mol. The summed E-state index contributed by atoms with van der Waals surface area (Å²) in [6, 6.07) is 9.49. The Morgan fingerprint density at radius 2 is 1.84 bits per heavy atom. The van der Waals surface area contributed by atoms with Crippen molar-refractivity contribution >= 4 is 16.7 Å². The van der Waals surface area contributed by atoms with Crippen LogP contribution >= 0.6 is 0 Å². The van der Waals surface area contributed by atoms with Gasteiger partial charge in [0, 0.05) is 25.6 Å². The molecule has 1 unspecified atom stereocenters. The molecule has 0 saturated carbocycles. The zero-order chi connectivity index (χ0) is 21.6. The Morgan fingerprint density at radius 1 is 1.10 bits per heavy atom. The Morgan fingerprint density at radius 3 is 2.58 bits per heavy atom. The molecule has 0 radical (unpaired) electrons. The minimum Gasteiger partial charge on any atom is -0.379 e. The highest BCUT2D eigenvalue weighted by Gasteiger charge is 2.40. The molecule has 0 spiro atoms. The third-order valence-electron chi connectivity index (χ3n) is 6.23. The van der Waals surface area contributed by atoms with Gasteiger partial charge in [-0.2, -0.15) is 13.2 Å². The van der Waals surface area contributed by atoms with Crippen LogP contribution in [-0.2, 0) is 0 Å². The normalized spacial score (nSPS) is 19.2. The van der Waals surface area contributed by atoms with E-state index >= 15 is 0 Å². The second-order valence-corrected chi connectivity index (χ2v) is 8.44. The average molecular weight is 432 g/mol. The van der Waals surface area contributed by atoms with E-state index in [1.807, 2.05) is 6.07 Å². The number of benzene rings is 2. The SMILES string of the molecule is OC(c1ccccc1-c1cc(N2CC(CN3CCCC3)C2)c2nonc2c1)C(F)(F)F. The van der Waals surface area contributed by atoms with Crippen molar-refractivity contribution in [2.75, 3.05) is 37.6 Å². The molecule has 1 N–H and O–H groups in total. The van der Waals surface area contributed by atoms with Crippen LogP contribution in [0.15, 0.2) is 41.0 Å². The summed E-state index contributed by atoms with van der Waals surface area (Å²) in [5, 5.41) is 17.8. The van der Waals surface area contributed by atoms with Crippen LogP contribution in [0.1, 0.15) is 24.5 Å². The van der Waals surface area contributed by atoms with Gasteiger partial charge in [0.25, 0.3) is 0 Å². The fraction of sp³-hybridized carbons (Fsp3) is 0.455. The van der Waals surface area contributed by atoms with E-state index in [4.69, 9.17) is 4.63 Å².